The van der Waals surface area contributed by atoms with Gasteiger partial charge in [-0.25, -0.2) is 0 Å². The standard InChI is InChI=1S/C15H13O2/c1-2-15(16-13-9-5-3-6-10-13)17-14-11-7-4-8-12-14/h2-12H,1H2. The van der Waals surface area contributed by atoms with E-state index in [1.807, 2.05) is 60.7 Å². The summed E-state index contributed by atoms with van der Waals surface area (Å²) in [5, 5.41) is 0. The Morgan fingerprint density at radius 3 is 1.53 bits per heavy atom. The summed E-state index contributed by atoms with van der Waals surface area (Å²) in [4.78, 5) is 0. The van der Waals surface area contributed by atoms with Crippen molar-refractivity contribution in [2.24, 2.45) is 0 Å². The molecule has 85 valence electrons. The van der Waals surface area contributed by atoms with E-state index in [9.17, 15) is 0 Å². The molecule has 2 nitrogen and oxygen atoms in total. The molecule has 0 saturated carbocycles. The predicted octanol–water partition coefficient (Wildman–Crippen LogP) is 3.82. The van der Waals surface area contributed by atoms with Gasteiger partial charge in [-0.3, -0.25) is 0 Å². The van der Waals surface area contributed by atoms with Gasteiger partial charge in [0, 0.05) is 6.08 Å². The Morgan fingerprint density at radius 1 is 0.765 bits per heavy atom. The summed E-state index contributed by atoms with van der Waals surface area (Å²) in [5.41, 5.74) is 0. The number of hydrogen-bond acceptors (Lipinski definition) is 2. The highest BCUT2D eigenvalue weighted by atomic mass is 16.7. The van der Waals surface area contributed by atoms with Crippen LogP contribution in [0.15, 0.2) is 73.3 Å². The fourth-order valence-corrected chi connectivity index (χ4v) is 1.31. The summed E-state index contributed by atoms with van der Waals surface area (Å²) in [5.74, 6) is 1.44. The monoisotopic (exact) mass is 225 g/mol. The van der Waals surface area contributed by atoms with Crippen molar-refractivity contribution in [2.75, 3.05) is 0 Å². The second-order valence-corrected chi connectivity index (χ2v) is 3.35. The van der Waals surface area contributed by atoms with Crippen LogP contribution < -0.4 is 9.47 Å². The SMILES string of the molecule is C=C[C](Oc1ccccc1)Oc1ccccc1. The fraction of sp³-hybridized carbons (Fsp3) is 0. The molecule has 0 saturated heterocycles. The number of rotatable bonds is 5. The molecule has 0 aliphatic heterocycles. The first-order chi connectivity index (χ1) is 8.38. The van der Waals surface area contributed by atoms with Gasteiger partial charge in [-0.1, -0.05) is 43.0 Å². The van der Waals surface area contributed by atoms with Gasteiger partial charge in [-0.15, -0.1) is 0 Å². The van der Waals surface area contributed by atoms with E-state index in [1.54, 1.807) is 6.08 Å². The highest BCUT2D eigenvalue weighted by Gasteiger charge is 2.10. The Labute approximate surface area is 101 Å². The van der Waals surface area contributed by atoms with Crippen LogP contribution >= 0.6 is 0 Å². The largest absolute Gasteiger partial charge is 0.442 e. The Bertz CT molecular complexity index is 409. The van der Waals surface area contributed by atoms with Crippen LogP contribution in [-0.4, -0.2) is 0 Å². The molecule has 0 fully saturated rings. The summed E-state index contributed by atoms with van der Waals surface area (Å²) in [6.45, 7) is 3.67. The normalized spacial score (nSPS) is 9.94. The molecular weight excluding hydrogens is 212 g/mol. The molecule has 0 heterocycles. The molecule has 0 aliphatic rings. The van der Waals surface area contributed by atoms with Crippen LogP contribution in [0.2, 0.25) is 0 Å². The van der Waals surface area contributed by atoms with E-state index in [0.717, 1.165) is 11.5 Å². The summed E-state index contributed by atoms with van der Waals surface area (Å²) in [6.07, 6.45) is 1.90. The van der Waals surface area contributed by atoms with Crippen molar-refractivity contribution < 1.29 is 9.47 Å². The number of hydrogen-bond donors (Lipinski definition) is 0. The van der Waals surface area contributed by atoms with Crippen LogP contribution in [0.1, 0.15) is 0 Å². The third-order valence-electron chi connectivity index (χ3n) is 2.09. The van der Waals surface area contributed by atoms with Gasteiger partial charge < -0.3 is 9.47 Å². The number of ether oxygens (including phenoxy) is 2. The second kappa shape index (κ2) is 5.75. The van der Waals surface area contributed by atoms with Crippen LogP contribution in [0.4, 0.5) is 0 Å². The molecule has 0 aliphatic carbocycles. The van der Waals surface area contributed by atoms with Crippen molar-refractivity contribution in [1.82, 2.24) is 0 Å². The third kappa shape index (κ3) is 3.38. The molecular formula is C15H13O2. The molecule has 2 rings (SSSR count). The minimum atomic E-state index is 0.363. The van der Waals surface area contributed by atoms with Crippen molar-refractivity contribution in [3.05, 3.63) is 79.6 Å². The van der Waals surface area contributed by atoms with Gasteiger partial charge in [0.25, 0.3) is 0 Å². The van der Waals surface area contributed by atoms with Crippen LogP contribution in [0.3, 0.4) is 0 Å². The molecule has 0 amide bonds. The van der Waals surface area contributed by atoms with Gasteiger partial charge >= 0.3 is 6.29 Å². The maximum absolute atomic E-state index is 5.54. The molecule has 2 aromatic carbocycles. The third-order valence-corrected chi connectivity index (χ3v) is 2.09. The van der Waals surface area contributed by atoms with Crippen molar-refractivity contribution >= 4 is 0 Å². The van der Waals surface area contributed by atoms with Crippen LogP contribution in [0, 0.1) is 6.29 Å². The fourth-order valence-electron chi connectivity index (χ4n) is 1.31. The lowest BCUT2D eigenvalue weighted by Crippen LogP contribution is -2.11. The average molecular weight is 225 g/mol. The molecule has 0 spiro atoms. The second-order valence-electron chi connectivity index (χ2n) is 3.35. The first-order valence-corrected chi connectivity index (χ1v) is 5.33. The zero-order valence-electron chi connectivity index (χ0n) is 9.37. The maximum Gasteiger partial charge on any atom is 0.354 e. The Hall–Kier alpha value is -2.22. The van der Waals surface area contributed by atoms with Crippen LogP contribution in [0.5, 0.6) is 11.5 Å². The predicted molar refractivity (Wildman–Crippen MR) is 67.6 cm³/mol. The zero-order valence-corrected chi connectivity index (χ0v) is 9.37. The number of para-hydroxylation sites is 2. The summed E-state index contributed by atoms with van der Waals surface area (Å²) in [6, 6.07) is 18.9. The minimum Gasteiger partial charge on any atom is -0.442 e. The van der Waals surface area contributed by atoms with E-state index in [0.29, 0.717) is 6.29 Å². The van der Waals surface area contributed by atoms with Crippen molar-refractivity contribution in [2.45, 2.75) is 0 Å². The van der Waals surface area contributed by atoms with E-state index < -0.39 is 0 Å². The molecule has 0 unspecified atom stereocenters. The molecule has 0 aromatic heterocycles. The molecule has 2 heteroatoms. The highest BCUT2D eigenvalue weighted by molar-refractivity contribution is 5.26. The van der Waals surface area contributed by atoms with Crippen LogP contribution in [-0.2, 0) is 0 Å². The lowest BCUT2D eigenvalue weighted by atomic mass is 10.3. The van der Waals surface area contributed by atoms with Gasteiger partial charge in [0.2, 0.25) is 0 Å². The molecule has 0 atom stereocenters. The first kappa shape index (κ1) is 11.3. The average Bonchev–Trinajstić information content (AvgIpc) is 2.40. The Kier molecular flexibility index (Phi) is 3.81. The van der Waals surface area contributed by atoms with Gasteiger partial charge in [0.15, 0.2) is 0 Å². The molecule has 2 aromatic rings. The quantitative estimate of drug-likeness (QED) is 0.770. The zero-order chi connectivity index (χ0) is 11.9. The molecule has 0 bridgehead atoms. The molecule has 0 N–H and O–H groups in total. The van der Waals surface area contributed by atoms with Gasteiger partial charge in [-0.2, -0.15) is 0 Å². The van der Waals surface area contributed by atoms with Gasteiger partial charge in [0.05, 0.1) is 0 Å². The number of benzene rings is 2. The van der Waals surface area contributed by atoms with E-state index in [-0.39, 0.29) is 0 Å². The molecule has 1 radical (unpaired) electrons. The topological polar surface area (TPSA) is 18.5 Å². The lowest BCUT2D eigenvalue weighted by Gasteiger charge is -2.14. The summed E-state index contributed by atoms with van der Waals surface area (Å²) in [7, 11) is 0. The smallest absolute Gasteiger partial charge is 0.354 e. The van der Waals surface area contributed by atoms with Crippen molar-refractivity contribution in [3.8, 4) is 11.5 Å². The van der Waals surface area contributed by atoms with Gasteiger partial charge in [-0.05, 0) is 24.3 Å². The van der Waals surface area contributed by atoms with Crippen molar-refractivity contribution in [3.63, 3.8) is 0 Å². The first-order valence-electron chi connectivity index (χ1n) is 5.33. The van der Waals surface area contributed by atoms with E-state index in [2.05, 4.69) is 6.58 Å². The minimum absolute atomic E-state index is 0.363. The van der Waals surface area contributed by atoms with Gasteiger partial charge in [0.1, 0.15) is 11.5 Å². The van der Waals surface area contributed by atoms with E-state index in [4.69, 9.17) is 9.47 Å². The van der Waals surface area contributed by atoms with Crippen LogP contribution in [0.25, 0.3) is 0 Å². The summed E-state index contributed by atoms with van der Waals surface area (Å²) >= 11 is 0. The van der Waals surface area contributed by atoms with Crippen molar-refractivity contribution in [1.29, 1.82) is 0 Å². The van der Waals surface area contributed by atoms with E-state index >= 15 is 0 Å². The summed E-state index contributed by atoms with van der Waals surface area (Å²) < 4.78 is 11.1. The molecule has 17 heavy (non-hydrogen) atoms. The Morgan fingerprint density at radius 2 is 1.18 bits per heavy atom. The highest BCUT2D eigenvalue weighted by Crippen LogP contribution is 2.19. The lowest BCUT2D eigenvalue weighted by molar-refractivity contribution is 0.155. The van der Waals surface area contributed by atoms with E-state index in [1.165, 1.54) is 0 Å². The maximum atomic E-state index is 5.54. The Balaban J connectivity index is 2.01.